The zero-order valence-electron chi connectivity index (χ0n) is 46.0. The largest absolute Gasteiger partial charge is 0.461 e. The first-order valence-electron chi connectivity index (χ1n) is 29.3. The molecule has 0 saturated heterocycles. The highest BCUT2D eigenvalue weighted by atomic mass is 16.6. The molecule has 69 heavy (non-hydrogen) atoms. The molecule has 0 aromatic carbocycles. The van der Waals surface area contributed by atoms with Gasteiger partial charge in [-0.2, -0.15) is 0 Å². The predicted molar refractivity (Wildman–Crippen MR) is 278 cm³/mol. The summed E-state index contributed by atoms with van der Waals surface area (Å²) >= 11 is 0. The fourth-order valence-electron chi connectivity index (χ4n) is 18.8. The van der Waals surface area contributed by atoms with Gasteiger partial charge in [0.2, 0.25) is 0 Å². The molecule has 0 spiro atoms. The molecule has 6 nitrogen and oxygen atoms in total. The van der Waals surface area contributed by atoms with Crippen molar-refractivity contribution in [2.75, 3.05) is 13.2 Å². The van der Waals surface area contributed by atoms with Gasteiger partial charge in [-0.05, 0) is 224 Å². The van der Waals surface area contributed by atoms with Crippen molar-refractivity contribution in [1.29, 1.82) is 0 Å². The minimum atomic E-state index is -0.864. The lowest BCUT2D eigenvalue weighted by atomic mass is 9.45. The van der Waals surface area contributed by atoms with Crippen LogP contribution in [0.5, 0.6) is 0 Å². The van der Waals surface area contributed by atoms with Crippen LogP contribution in [0, 0.1) is 104 Å². The predicted octanol–water partition coefficient (Wildman–Crippen LogP) is 15.6. The lowest BCUT2D eigenvalue weighted by molar-refractivity contribution is -0.192. The van der Waals surface area contributed by atoms with Crippen LogP contribution >= 0.6 is 0 Å². The first-order valence-corrected chi connectivity index (χ1v) is 29.3. The van der Waals surface area contributed by atoms with Gasteiger partial charge in [-0.1, -0.05) is 117 Å². The van der Waals surface area contributed by atoms with Crippen LogP contribution in [-0.4, -0.2) is 37.2 Å². The highest BCUT2D eigenvalue weighted by Crippen LogP contribution is 2.66. The van der Waals surface area contributed by atoms with Crippen molar-refractivity contribution in [1.82, 2.24) is 0 Å². The van der Waals surface area contributed by atoms with Gasteiger partial charge in [0.05, 0.1) is 16.2 Å². The van der Waals surface area contributed by atoms with Gasteiger partial charge < -0.3 is 14.2 Å². The van der Waals surface area contributed by atoms with E-state index < -0.39 is 22.3 Å². The number of rotatable bonds is 11. The average molecular weight is 951 g/mol. The summed E-state index contributed by atoms with van der Waals surface area (Å²) in [6.07, 6.45) is 29.4. The summed E-state index contributed by atoms with van der Waals surface area (Å²) in [5, 5.41) is 0. The van der Waals surface area contributed by atoms with E-state index in [1.54, 1.807) is 16.7 Å². The molecular weight excluding hydrogens is 853 g/mol. The maximum absolute atomic E-state index is 15.2. The SMILES string of the molecule is CC(C)C1C=C2CCC3C(C)(C(=O)OC(COC(=O)C4(C)CCCC5C4CCC4=CC(C(C)C)CCC45C)COC(=O)C4(C)CCCC5C4CCC4=CC(C(C)C)CCC45C)CCCC3(C)C2CC1. The van der Waals surface area contributed by atoms with Crippen molar-refractivity contribution >= 4 is 17.9 Å². The van der Waals surface area contributed by atoms with Crippen LogP contribution in [0.15, 0.2) is 34.9 Å². The van der Waals surface area contributed by atoms with Crippen molar-refractivity contribution < 1.29 is 28.6 Å². The van der Waals surface area contributed by atoms with E-state index in [4.69, 9.17) is 14.2 Å². The van der Waals surface area contributed by atoms with Crippen LogP contribution in [0.4, 0.5) is 0 Å². The third kappa shape index (κ3) is 8.81. The van der Waals surface area contributed by atoms with Crippen molar-refractivity contribution in [2.24, 2.45) is 104 Å². The Morgan fingerprint density at radius 2 is 0.971 bits per heavy atom. The summed E-state index contributed by atoms with van der Waals surface area (Å²) < 4.78 is 19.8. The van der Waals surface area contributed by atoms with E-state index in [2.05, 4.69) is 101 Å². The van der Waals surface area contributed by atoms with Crippen LogP contribution in [0.1, 0.15) is 218 Å². The van der Waals surface area contributed by atoms with Crippen LogP contribution in [-0.2, 0) is 28.6 Å². The number of ether oxygens (including phenoxy) is 3. The zero-order chi connectivity index (χ0) is 49.5. The molecular formula is C63H98O6. The summed E-state index contributed by atoms with van der Waals surface area (Å²) in [5.41, 5.74) is 3.31. The van der Waals surface area contributed by atoms with E-state index in [9.17, 15) is 9.59 Å². The molecule has 15 unspecified atom stereocenters. The maximum Gasteiger partial charge on any atom is 0.312 e. The molecule has 0 radical (unpaired) electrons. The first-order chi connectivity index (χ1) is 32.6. The number of carbonyl (C=O) groups is 3. The Balaban J connectivity index is 0.942. The van der Waals surface area contributed by atoms with Gasteiger partial charge in [-0.25, -0.2) is 0 Å². The van der Waals surface area contributed by atoms with E-state index in [0.29, 0.717) is 53.3 Å². The number of hydrogen-bond acceptors (Lipinski definition) is 6. The quantitative estimate of drug-likeness (QED) is 0.117. The number of hydrogen-bond donors (Lipinski definition) is 0. The normalized spacial score (nSPS) is 44.4. The number of fused-ring (bicyclic) bond motifs is 9. The van der Waals surface area contributed by atoms with Crippen molar-refractivity contribution in [3.05, 3.63) is 34.9 Å². The van der Waals surface area contributed by atoms with E-state index in [0.717, 1.165) is 96.3 Å². The molecule has 9 aliphatic carbocycles. The lowest BCUT2D eigenvalue weighted by Crippen LogP contribution is -2.55. The summed E-state index contributed by atoms with van der Waals surface area (Å²) in [5.74, 6) is 5.50. The minimum Gasteiger partial charge on any atom is -0.461 e. The summed E-state index contributed by atoms with van der Waals surface area (Å²) in [7, 11) is 0. The van der Waals surface area contributed by atoms with E-state index in [-0.39, 0.29) is 65.1 Å². The third-order valence-corrected chi connectivity index (χ3v) is 23.6. The van der Waals surface area contributed by atoms with Gasteiger partial charge in [0, 0.05) is 0 Å². The molecule has 0 aromatic rings. The topological polar surface area (TPSA) is 78.9 Å². The Kier molecular flexibility index (Phi) is 14.3. The van der Waals surface area contributed by atoms with Gasteiger partial charge in [0.15, 0.2) is 6.10 Å². The zero-order valence-corrected chi connectivity index (χ0v) is 46.0. The van der Waals surface area contributed by atoms with E-state index >= 15 is 4.79 Å². The highest BCUT2D eigenvalue weighted by Gasteiger charge is 2.61. The second-order valence-electron chi connectivity index (χ2n) is 28.1. The first kappa shape index (κ1) is 51.5. The number of esters is 3. The average Bonchev–Trinajstić information content (AvgIpc) is 3.31. The molecule has 386 valence electrons. The molecule has 0 bridgehead atoms. The Morgan fingerprint density at radius 3 is 1.46 bits per heavy atom. The van der Waals surface area contributed by atoms with Crippen molar-refractivity contribution in [3.63, 3.8) is 0 Å². The standard InChI is InChI=1S/C63H98O6/c1-39(2)42-18-22-49-45(34-42)19-25-54-60(49,9)30-15-31-63(54,12)57(66)69-48(37-67-55(64)61(10)28-13-16-50-52(61)23-20-46-35-43(40(3)4)26-32-58(46,50)7)38-68-56(65)62(11)29-14-17-51-53(62)24-21-47-36-44(41(5)6)27-33-59(47,51)8/h34-36,39-44,48-54H,13-33,37-38H2,1-12H3. The fraction of sp³-hybridized carbons (Fsp3) is 0.857. The summed E-state index contributed by atoms with van der Waals surface area (Å²) in [6.45, 7) is 28.0. The summed E-state index contributed by atoms with van der Waals surface area (Å²) in [6, 6.07) is 0. The second-order valence-corrected chi connectivity index (χ2v) is 28.1. The van der Waals surface area contributed by atoms with Crippen LogP contribution in [0.3, 0.4) is 0 Å². The van der Waals surface area contributed by atoms with Crippen LogP contribution in [0.2, 0.25) is 0 Å². The Labute approximate surface area is 420 Å². The lowest BCUT2D eigenvalue weighted by Gasteiger charge is -2.59. The van der Waals surface area contributed by atoms with E-state index in [1.807, 2.05) is 0 Å². The minimum absolute atomic E-state index is 0.0319. The Morgan fingerprint density at radius 1 is 0.493 bits per heavy atom. The van der Waals surface area contributed by atoms with Gasteiger partial charge in [0.25, 0.3) is 0 Å². The van der Waals surface area contributed by atoms with Gasteiger partial charge in [0.1, 0.15) is 13.2 Å². The molecule has 9 aliphatic rings. The second kappa shape index (κ2) is 19.2. The molecule has 6 saturated carbocycles. The maximum atomic E-state index is 15.2. The smallest absolute Gasteiger partial charge is 0.312 e. The highest BCUT2D eigenvalue weighted by molar-refractivity contribution is 5.79. The Bertz CT molecular complexity index is 1950. The molecule has 15 atom stereocenters. The fourth-order valence-corrected chi connectivity index (χ4v) is 18.8. The molecule has 9 rings (SSSR count). The molecule has 0 aromatic heterocycles. The molecule has 6 heteroatoms. The monoisotopic (exact) mass is 951 g/mol. The van der Waals surface area contributed by atoms with Crippen molar-refractivity contribution in [2.45, 2.75) is 224 Å². The van der Waals surface area contributed by atoms with Gasteiger partial charge in [-0.15, -0.1) is 0 Å². The van der Waals surface area contributed by atoms with Crippen molar-refractivity contribution in [3.8, 4) is 0 Å². The van der Waals surface area contributed by atoms with E-state index in [1.165, 1.54) is 38.5 Å². The molecule has 0 amide bonds. The van der Waals surface area contributed by atoms with Crippen LogP contribution in [0.25, 0.3) is 0 Å². The molecule has 6 fully saturated rings. The molecule has 0 N–H and O–H groups in total. The Hall–Kier alpha value is -2.37. The number of allylic oxidation sites excluding steroid dienone is 6. The molecule has 0 heterocycles. The number of carbonyl (C=O) groups excluding carboxylic acids is 3. The van der Waals surface area contributed by atoms with Gasteiger partial charge in [-0.3, -0.25) is 14.4 Å². The van der Waals surface area contributed by atoms with Gasteiger partial charge >= 0.3 is 17.9 Å². The van der Waals surface area contributed by atoms with Crippen LogP contribution < -0.4 is 0 Å². The molecule has 0 aliphatic heterocycles. The third-order valence-electron chi connectivity index (χ3n) is 23.6. The summed E-state index contributed by atoms with van der Waals surface area (Å²) in [4.78, 5) is 44.9.